The average Bonchev–Trinajstić information content (AvgIpc) is 2.93. The first-order valence-corrected chi connectivity index (χ1v) is 8.13. The molecule has 124 valence electrons. The Labute approximate surface area is 135 Å². The van der Waals surface area contributed by atoms with E-state index in [0.29, 0.717) is 5.69 Å². The van der Waals surface area contributed by atoms with Crippen molar-refractivity contribution in [2.75, 3.05) is 5.32 Å². The van der Waals surface area contributed by atoms with Crippen LogP contribution in [0.5, 0.6) is 0 Å². The van der Waals surface area contributed by atoms with Gasteiger partial charge in [0.05, 0.1) is 30.2 Å². The highest BCUT2D eigenvalue weighted by Crippen LogP contribution is 2.20. The Morgan fingerprint density at radius 1 is 1.35 bits per heavy atom. The van der Waals surface area contributed by atoms with E-state index in [2.05, 4.69) is 20.7 Å². The van der Waals surface area contributed by atoms with Crippen LogP contribution in [0, 0.1) is 0 Å². The van der Waals surface area contributed by atoms with Gasteiger partial charge in [0.2, 0.25) is 0 Å². The van der Waals surface area contributed by atoms with Crippen LogP contribution in [0.15, 0.2) is 18.5 Å². The summed E-state index contributed by atoms with van der Waals surface area (Å²) in [5.74, 6) is 0. The zero-order valence-corrected chi connectivity index (χ0v) is 13.5. The normalized spacial score (nSPS) is 21.6. The van der Waals surface area contributed by atoms with Crippen LogP contribution in [0.25, 0.3) is 11.0 Å². The second kappa shape index (κ2) is 6.54. The largest absolute Gasteiger partial charge is 0.391 e. The van der Waals surface area contributed by atoms with Gasteiger partial charge in [-0.25, -0.2) is 14.5 Å². The summed E-state index contributed by atoms with van der Waals surface area (Å²) in [6.07, 6.45) is 6.51. The number of pyridine rings is 1. The molecule has 1 aliphatic carbocycles. The highest BCUT2D eigenvalue weighted by molar-refractivity contribution is 5.91. The third-order valence-corrected chi connectivity index (χ3v) is 4.23. The molecule has 0 aromatic carbocycles. The predicted octanol–water partition coefficient (Wildman–Crippen LogP) is 2.44. The van der Waals surface area contributed by atoms with Gasteiger partial charge in [0.15, 0.2) is 5.65 Å². The van der Waals surface area contributed by atoms with E-state index in [1.165, 1.54) is 0 Å². The minimum Gasteiger partial charge on any atom is -0.391 e. The van der Waals surface area contributed by atoms with E-state index in [4.69, 9.17) is 0 Å². The molecule has 1 saturated carbocycles. The molecule has 7 heteroatoms. The summed E-state index contributed by atoms with van der Waals surface area (Å²) in [6.45, 7) is 4.09. The lowest BCUT2D eigenvalue weighted by Crippen LogP contribution is -2.46. The van der Waals surface area contributed by atoms with E-state index in [0.717, 1.165) is 36.7 Å². The van der Waals surface area contributed by atoms with Crippen molar-refractivity contribution in [3.05, 3.63) is 18.5 Å². The predicted molar refractivity (Wildman–Crippen MR) is 88.3 cm³/mol. The van der Waals surface area contributed by atoms with E-state index < -0.39 is 6.10 Å². The number of rotatable bonds is 3. The summed E-state index contributed by atoms with van der Waals surface area (Å²) in [6, 6.07) is 1.60. The minimum atomic E-state index is -0.459. The van der Waals surface area contributed by atoms with Crippen molar-refractivity contribution in [2.45, 2.75) is 57.7 Å². The number of aromatic nitrogens is 3. The zero-order chi connectivity index (χ0) is 16.4. The van der Waals surface area contributed by atoms with Gasteiger partial charge in [-0.1, -0.05) is 12.8 Å². The van der Waals surface area contributed by atoms with Crippen LogP contribution in [-0.2, 0) is 0 Å². The number of nitrogens with zero attached hydrogens (tertiary/aromatic N) is 3. The summed E-state index contributed by atoms with van der Waals surface area (Å²) >= 11 is 0. The maximum Gasteiger partial charge on any atom is 0.319 e. The number of carbonyl (C=O) groups excluding carboxylic acids is 1. The molecule has 2 atom stereocenters. The van der Waals surface area contributed by atoms with Gasteiger partial charge in [-0.3, -0.25) is 0 Å². The maximum absolute atomic E-state index is 12.1. The topological polar surface area (TPSA) is 92.1 Å². The summed E-state index contributed by atoms with van der Waals surface area (Å²) < 4.78 is 1.84. The fraction of sp³-hybridized carbons (Fsp3) is 0.562. The quantitative estimate of drug-likeness (QED) is 0.810. The van der Waals surface area contributed by atoms with Crippen molar-refractivity contribution < 1.29 is 9.90 Å². The Bertz CT molecular complexity index is 697. The lowest BCUT2D eigenvalue weighted by molar-refractivity contribution is 0.0955. The van der Waals surface area contributed by atoms with Crippen molar-refractivity contribution in [2.24, 2.45) is 0 Å². The third kappa shape index (κ3) is 3.44. The first kappa shape index (κ1) is 15.7. The molecule has 0 aliphatic heterocycles. The number of fused-ring (bicyclic) bond motifs is 1. The summed E-state index contributed by atoms with van der Waals surface area (Å²) in [4.78, 5) is 16.5. The Balaban J connectivity index is 1.67. The van der Waals surface area contributed by atoms with E-state index in [1.807, 2.05) is 24.6 Å². The molecule has 0 spiro atoms. The second-order valence-corrected chi connectivity index (χ2v) is 6.38. The molecule has 2 amide bonds. The Kier molecular flexibility index (Phi) is 4.47. The van der Waals surface area contributed by atoms with E-state index in [9.17, 15) is 9.90 Å². The fourth-order valence-electron chi connectivity index (χ4n) is 3.00. The molecule has 2 aromatic rings. The number of amides is 2. The van der Waals surface area contributed by atoms with Gasteiger partial charge in [-0.15, -0.1) is 0 Å². The number of carbonyl (C=O) groups is 1. The lowest BCUT2D eigenvalue weighted by atomic mass is 9.93. The number of aliphatic hydroxyl groups excluding tert-OH is 1. The van der Waals surface area contributed by atoms with Crippen LogP contribution < -0.4 is 10.6 Å². The monoisotopic (exact) mass is 317 g/mol. The third-order valence-electron chi connectivity index (χ3n) is 4.23. The van der Waals surface area contributed by atoms with Crippen LogP contribution in [0.4, 0.5) is 10.5 Å². The number of hydrogen-bond donors (Lipinski definition) is 3. The maximum atomic E-state index is 12.1. The zero-order valence-electron chi connectivity index (χ0n) is 13.5. The average molecular weight is 317 g/mol. The van der Waals surface area contributed by atoms with Gasteiger partial charge >= 0.3 is 6.03 Å². The molecule has 2 aromatic heterocycles. The Hall–Kier alpha value is -2.15. The van der Waals surface area contributed by atoms with Crippen LogP contribution >= 0.6 is 0 Å². The Morgan fingerprint density at radius 2 is 2.13 bits per heavy atom. The number of urea groups is 1. The molecular weight excluding hydrogens is 294 g/mol. The van der Waals surface area contributed by atoms with Crippen molar-refractivity contribution in [1.29, 1.82) is 0 Å². The SMILES string of the molecule is CC(C)n1ncc2cc(NC(=O)N[C@H]3CCCC[C@H]3O)cnc21. The minimum absolute atomic E-state index is 0.177. The molecule has 3 rings (SSSR count). The van der Waals surface area contributed by atoms with E-state index in [1.54, 1.807) is 12.4 Å². The molecule has 7 nitrogen and oxygen atoms in total. The second-order valence-electron chi connectivity index (χ2n) is 6.38. The summed E-state index contributed by atoms with van der Waals surface area (Å²) in [5, 5.41) is 20.7. The van der Waals surface area contributed by atoms with Crippen LogP contribution in [0.3, 0.4) is 0 Å². The number of hydrogen-bond acceptors (Lipinski definition) is 4. The van der Waals surface area contributed by atoms with Gasteiger partial charge in [0.25, 0.3) is 0 Å². The van der Waals surface area contributed by atoms with Crippen molar-refractivity contribution in [3.8, 4) is 0 Å². The van der Waals surface area contributed by atoms with Gasteiger partial charge < -0.3 is 15.7 Å². The van der Waals surface area contributed by atoms with Gasteiger partial charge in [-0.2, -0.15) is 5.10 Å². The molecule has 3 N–H and O–H groups in total. The molecule has 1 aliphatic rings. The molecular formula is C16H23N5O2. The highest BCUT2D eigenvalue weighted by Gasteiger charge is 2.24. The van der Waals surface area contributed by atoms with Crippen molar-refractivity contribution in [3.63, 3.8) is 0 Å². The fourth-order valence-corrected chi connectivity index (χ4v) is 3.00. The van der Waals surface area contributed by atoms with Gasteiger partial charge in [-0.05, 0) is 32.8 Å². The standard InChI is InChI=1S/C16H23N5O2/c1-10(2)21-15-11(8-18-21)7-12(9-17-15)19-16(23)20-13-5-3-4-6-14(13)22/h7-10,13-14,22H,3-6H2,1-2H3,(H2,19,20,23)/t13-,14+/m0/s1. The van der Waals surface area contributed by atoms with E-state index in [-0.39, 0.29) is 18.1 Å². The van der Waals surface area contributed by atoms with Crippen molar-refractivity contribution >= 4 is 22.8 Å². The number of anilines is 1. The molecule has 0 radical (unpaired) electrons. The first-order valence-electron chi connectivity index (χ1n) is 8.13. The molecule has 0 unspecified atom stereocenters. The van der Waals surface area contributed by atoms with Crippen LogP contribution in [0.1, 0.15) is 45.6 Å². The lowest BCUT2D eigenvalue weighted by Gasteiger charge is -2.28. The van der Waals surface area contributed by atoms with Gasteiger partial charge in [0, 0.05) is 11.4 Å². The number of aliphatic hydroxyl groups is 1. The molecule has 1 fully saturated rings. The first-order chi connectivity index (χ1) is 11.0. The number of nitrogens with one attached hydrogen (secondary N) is 2. The summed E-state index contributed by atoms with van der Waals surface area (Å²) in [5.41, 5.74) is 1.41. The van der Waals surface area contributed by atoms with E-state index >= 15 is 0 Å². The summed E-state index contributed by atoms with van der Waals surface area (Å²) in [7, 11) is 0. The van der Waals surface area contributed by atoms with Crippen LogP contribution in [-0.4, -0.2) is 38.0 Å². The van der Waals surface area contributed by atoms with Crippen LogP contribution in [0.2, 0.25) is 0 Å². The molecule has 2 heterocycles. The molecule has 0 saturated heterocycles. The molecule has 0 bridgehead atoms. The molecule has 23 heavy (non-hydrogen) atoms. The Morgan fingerprint density at radius 3 is 2.87 bits per heavy atom. The highest BCUT2D eigenvalue weighted by atomic mass is 16.3. The smallest absolute Gasteiger partial charge is 0.319 e. The van der Waals surface area contributed by atoms with Gasteiger partial charge in [0.1, 0.15) is 0 Å². The van der Waals surface area contributed by atoms with Crippen molar-refractivity contribution in [1.82, 2.24) is 20.1 Å².